The molecule has 7 nitrogen and oxygen atoms in total. The van der Waals surface area contributed by atoms with E-state index in [0.29, 0.717) is 54.5 Å². The number of nitrogens with two attached hydrogens (primary N) is 1. The van der Waals surface area contributed by atoms with Gasteiger partial charge in [-0.15, -0.1) is 23.1 Å². The molecule has 4 rings (SSSR count). The summed E-state index contributed by atoms with van der Waals surface area (Å²) in [5.41, 5.74) is 7.56. The number of benzene rings is 2. The summed E-state index contributed by atoms with van der Waals surface area (Å²) in [5, 5.41) is 0.787. The summed E-state index contributed by atoms with van der Waals surface area (Å²) in [6.07, 6.45) is 5.13. The Kier molecular flexibility index (Phi) is 10.3. The highest BCUT2D eigenvalue weighted by Gasteiger charge is 2.19. The highest BCUT2D eigenvalue weighted by molar-refractivity contribution is 8.00. The summed E-state index contributed by atoms with van der Waals surface area (Å²) < 4.78 is 26.0. The Labute approximate surface area is 247 Å². The van der Waals surface area contributed by atoms with Crippen molar-refractivity contribution in [3.8, 4) is 5.75 Å². The minimum absolute atomic E-state index is 0.0186. The van der Waals surface area contributed by atoms with Gasteiger partial charge < -0.3 is 14.9 Å². The zero-order valence-electron chi connectivity index (χ0n) is 23.4. The van der Waals surface area contributed by atoms with E-state index in [1.807, 2.05) is 24.3 Å². The van der Waals surface area contributed by atoms with Crippen LogP contribution in [-0.2, 0) is 40.0 Å². The number of oxazole rings is 1. The first-order valence-electron chi connectivity index (χ1n) is 13.4. The van der Waals surface area contributed by atoms with Crippen LogP contribution in [0.2, 0.25) is 0 Å². The van der Waals surface area contributed by atoms with Crippen molar-refractivity contribution < 1.29 is 23.1 Å². The number of rotatable bonds is 14. The Morgan fingerprint density at radius 1 is 1.02 bits per heavy atom. The van der Waals surface area contributed by atoms with E-state index in [-0.39, 0.29) is 29.8 Å². The molecule has 41 heavy (non-hydrogen) atoms. The van der Waals surface area contributed by atoms with Gasteiger partial charge in [-0.25, -0.2) is 14.4 Å². The van der Waals surface area contributed by atoms with Gasteiger partial charge in [0.2, 0.25) is 5.89 Å². The third-order valence-corrected chi connectivity index (χ3v) is 8.37. The van der Waals surface area contributed by atoms with Gasteiger partial charge in [0.15, 0.2) is 0 Å². The van der Waals surface area contributed by atoms with Crippen LogP contribution in [0.1, 0.15) is 61.4 Å². The van der Waals surface area contributed by atoms with E-state index < -0.39 is 5.82 Å². The van der Waals surface area contributed by atoms with E-state index >= 15 is 0 Å². The number of hydrogen-bond donors (Lipinski definition) is 1. The second-order valence-electron chi connectivity index (χ2n) is 10.8. The lowest BCUT2D eigenvalue weighted by molar-refractivity contribution is -0.119. The summed E-state index contributed by atoms with van der Waals surface area (Å²) in [6, 6.07) is 11.4. The fourth-order valence-electron chi connectivity index (χ4n) is 3.95. The third-order valence-electron chi connectivity index (χ3n) is 6.20. The van der Waals surface area contributed by atoms with Gasteiger partial charge in [0.25, 0.3) is 0 Å². The van der Waals surface area contributed by atoms with Crippen molar-refractivity contribution >= 4 is 40.4 Å². The number of nitrogens with zero attached hydrogens (tertiary/aromatic N) is 2. The molecule has 2 heterocycles. The molecule has 2 N–H and O–H groups in total. The molecule has 0 saturated heterocycles. The van der Waals surface area contributed by atoms with Crippen molar-refractivity contribution in [3.63, 3.8) is 0 Å². The second kappa shape index (κ2) is 13.9. The molecule has 0 fully saturated rings. The van der Waals surface area contributed by atoms with Crippen molar-refractivity contribution in [2.24, 2.45) is 0 Å². The number of aromatic nitrogens is 2. The summed E-state index contributed by atoms with van der Waals surface area (Å²) >= 11 is 3.11. The maximum Gasteiger partial charge on any atom is 0.204 e. The number of hydrogen-bond acceptors (Lipinski definition) is 9. The van der Waals surface area contributed by atoms with Crippen LogP contribution < -0.4 is 10.5 Å². The number of halogens is 1. The first-order chi connectivity index (χ1) is 19.5. The predicted octanol–water partition coefficient (Wildman–Crippen LogP) is 6.77. The smallest absolute Gasteiger partial charge is 0.204 e. The molecule has 0 radical (unpaired) electrons. The Morgan fingerprint density at radius 2 is 1.80 bits per heavy atom. The number of carbonyl (C=O) groups excluding carboxylic acids is 2. The van der Waals surface area contributed by atoms with Crippen molar-refractivity contribution in [1.82, 2.24) is 9.97 Å². The SMILES string of the molecule is CC(C)(C)c1cnc(CSc2cnc(CC(=O)Cc3ccc(OCCCC(=O)Cc4cc(F)ccc4N)cc3)s2)o1. The fourth-order valence-corrected chi connectivity index (χ4v) is 5.85. The number of Topliss-reactive ketones (excluding diaryl/α,β-unsaturated/α-hetero) is 2. The first kappa shape index (κ1) is 30.5. The van der Waals surface area contributed by atoms with Crippen LogP contribution in [0.5, 0.6) is 5.75 Å². The van der Waals surface area contributed by atoms with Gasteiger partial charge >= 0.3 is 0 Å². The molecule has 0 amide bonds. The quantitative estimate of drug-likeness (QED) is 0.0967. The van der Waals surface area contributed by atoms with Crippen molar-refractivity contribution in [1.29, 1.82) is 0 Å². The largest absolute Gasteiger partial charge is 0.494 e. The van der Waals surface area contributed by atoms with E-state index in [1.165, 1.54) is 29.5 Å². The van der Waals surface area contributed by atoms with Crippen molar-refractivity contribution in [2.45, 2.75) is 68.3 Å². The van der Waals surface area contributed by atoms with Gasteiger partial charge in [0.1, 0.15) is 33.9 Å². The average molecular weight is 596 g/mol. The van der Waals surface area contributed by atoms with Gasteiger partial charge in [0.05, 0.1) is 35.4 Å². The lowest BCUT2D eigenvalue weighted by Crippen LogP contribution is -2.09. The van der Waals surface area contributed by atoms with E-state index in [1.54, 1.807) is 24.2 Å². The van der Waals surface area contributed by atoms with E-state index in [4.69, 9.17) is 14.9 Å². The average Bonchev–Trinajstić information content (AvgIpc) is 3.58. The summed E-state index contributed by atoms with van der Waals surface area (Å²) in [4.78, 5) is 33.6. The number of carbonyl (C=O) groups is 2. The molecule has 0 bridgehead atoms. The fraction of sp³-hybridized carbons (Fsp3) is 0.355. The Balaban J connectivity index is 1.15. The monoisotopic (exact) mass is 595 g/mol. The number of nitrogen functional groups attached to an aromatic ring is 1. The van der Waals surface area contributed by atoms with Crippen LogP contribution in [0.4, 0.5) is 10.1 Å². The van der Waals surface area contributed by atoms with Crippen LogP contribution in [0, 0.1) is 5.82 Å². The van der Waals surface area contributed by atoms with Gasteiger partial charge in [-0.05, 0) is 47.9 Å². The number of thioether (sulfide) groups is 1. The molecule has 0 unspecified atom stereocenters. The van der Waals surface area contributed by atoms with Crippen LogP contribution in [-0.4, -0.2) is 28.1 Å². The molecule has 0 aliphatic carbocycles. The standard InChI is InChI=1S/C31H34FN3O4S2/c1-31(2,3)27-17-34-28(39-27)19-40-30-18-35-29(41-30)16-24(37)13-20-6-9-25(10-7-20)38-12-4-5-23(36)15-21-14-22(32)8-11-26(21)33/h6-11,14,17-18H,4-5,12-13,15-16,19,33H2,1-3H3. The maximum absolute atomic E-state index is 13.4. The summed E-state index contributed by atoms with van der Waals surface area (Å²) in [5.74, 6) is 2.49. The third kappa shape index (κ3) is 9.54. The van der Waals surface area contributed by atoms with Gasteiger partial charge in [0, 0.05) is 30.4 Å². The lowest BCUT2D eigenvalue weighted by atomic mass is 9.94. The maximum atomic E-state index is 13.4. The highest BCUT2D eigenvalue weighted by Crippen LogP contribution is 2.30. The number of ether oxygens (including phenoxy) is 1. The number of ketones is 2. The first-order valence-corrected chi connectivity index (χ1v) is 15.2. The van der Waals surface area contributed by atoms with E-state index in [2.05, 4.69) is 30.7 Å². The molecule has 216 valence electrons. The molecule has 0 spiro atoms. The molecule has 10 heteroatoms. The van der Waals surface area contributed by atoms with Crippen molar-refractivity contribution in [3.05, 3.63) is 88.5 Å². The lowest BCUT2D eigenvalue weighted by Gasteiger charge is -2.12. The van der Waals surface area contributed by atoms with Crippen LogP contribution in [0.3, 0.4) is 0 Å². The molecule has 2 aromatic heterocycles. The molecule has 0 atom stereocenters. The van der Waals surface area contributed by atoms with Crippen molar-refractivity contribution in [2.75, 3.05) is 12.3 Å². The second-order valence-corrected chi connectivity index (χ2v) is 13.2. The molecular weight excluding hydrogens is 561 g/mol. The molecule has 0 aliphatic rings. The Bertz CT molecular complexity index is 1480. The highest BCUT2D eigenvalue weighted by atomic mass is 32.2. The summed E-state index contributed by atoms with van der Waals surface area (Å²) in [6.45, 7) is 6.64. The van der Waals surface area contributed by atoms with E-state index in [9.17, 15) is 14.0 Å². The van der Waals surface area contributed by atoms with Gasteiger partial charge in [-0.2, -0.15) is 0 Å². The van der Waals surface area contributed by atoms with Crippen LogP contribution in [0.25, 0.3) is 0 Å². The molecule has 2 aromatic carbocycles. The topological polar surface area (TPSA) is 108 Å². The molecule has 0 aliphatic heterocycles. The number of thiazole rings is 1. The Morgan fingerprint density at radius 3 is 2.54 bits per heavy atom. The predicted molar refractivity (Wildman–Crippen MR) is 160 cm³/mol. The normalized spacial score (nSPS) is 11.5. The minimum Gasteiger partial charge on any atom is -0.494 e. The molecular formula is C31H34FN3O4S2. The molecule has 4 aromatic rings. The zero-order valence-corrected chi connectivity index (χ0v) is 25.1. The molecule has 0 saturated carbocycles. The summed E-state index contributed by atoms with van der Waals surface area (Å²) in [7, 11) is 0. The van der Waals surface area contributed by atoms with Crippen LogP contribution in [0.15, 0.2) is 63.5 Å². The van der Waals surface area contributed by atoms with Crippen LogP contribution >= 0.6 is 23.1 Å². The number of anilines is 1. The van der Waals surface area contributed by atoms with Gasteiger partial charge in [-0.3, -0.25) is 9.59 Å². The zero-order chi connectivity index (χ0) is 29.4. The van der Waals surface area contributed by atoms with E-state index in [0.717, 1.165) is 20.5 Å². The minimum atomic E-state index is -0.406. The Hall–Kier alpha value is -3.50. The van der Waals surface area contributed by atoms with Gasteiger partial charge in [-0.1, -0.05) is 32.9 Å².